The van der Waals surface area contributed by atoms with Gasteiger partial charge in [-0.05, 0) is 35.9 Å². The fraction of sp³-hybridized carbons (Fsp3) is 0.182. The molecule has 1 aliphatic rings. The van der Waals surface area contributed by atoms with Crippen molar-refractivity contribution in [3.63, 3.8) is 0 Å². The van der Waals surface area contributed by atoms with Gasteiger partial charge in [0.15, 0.2) is 11.5 Å². The number of fused-ring (bicyclic) bond motifs is 1. The molecule has 2 aromatic carbocycles. The van der Waals surface area contributed by atoms with Crippen LogP contribution in [-0.4, -0.2) is 42.9 Å². The van der Waals surface area contributed by atoms with E-state index in [1.54, 1.807) is 26.0 Å². The molecule has 1 aromatic heterocycles. The molecule has 9 nitrogen and oxygen atoms in total. The van der Waals surface area contributed by atoms with Crippen molar-refractivity contribution in [1.29, 1.82) is 0 Å². The average Bonchev–Trinajstić information content (AvgIpc) is 3.26. The Balaban J connectivity index is 1.88. The van der Waals surface area contributed by atoms with Crippen molar-refractivity contribution in [1.82, 2.24) is 9.97 Å². The van der Waals surface area contributed by atoms with Gasteiger partial charge in [-0.15, -0.1) is 0 Å². The summed E-state index contributed by atoms with van der Waals surface area (Å²) in [5.74, 6) is -3.38. The number of carboxylic acids is 1. The number of imidazole rings is 1. The molecular formula is C22H19N3O6. The van der Waals surface area contributed by atoms with E-state index in [0.717, 1.165) is 4.90 Å². The van der Waals surface area contributed by atoms with Crippen LogP contribution in [0.3, 0.4) is 0 Å². The first kappa shape index (κ1) is 20.1. The Morgan fingerprint density at radius 2 is 1.77 bits per heavy atom. The molecule has 0 radical (unpaired) electrons. The van der Waals surface area contributed by atoms with Crippen LogP contribution in [0.25, 0.3) is 11.0 Å². The van der Waals surface area contributed by atoms with Crippen molar-refractivity contribution in [2.24, 2.45) is 5.92 Å². The number of benzene rings is 2. The van der Waals surface area contributed by atoms with E-state index in [-0.39, 0.29) is 22.8 Å². The van der Waals surface area contributed by atoms with Gasteiger partial charge in [0.05, 0.1) is 28.2 Å². The number of hydrogen-bond acceptors (Lipinski definition) is 6. The summed E-state index contributed by atoms with van der Waals surface area (Å²) < 4.78 is 0. The Labute approximate surface area is 176 Å². The van der Waals surface area contributed by atoms with E-state index in [2.05, 4.69) is 9.97 Å². The van der Waals surface area contributed by atoms with Crippen molar-refractivity contribution in [2.75, 3.05) is 4.90 Å². The normalized spacial score (nSPS) is 16.5. The average molecular weight is 421 g/mol. The second kappa shape index (κ2) is 7.28. The summed E-state index contributed by atoms with van der Waals surface area (Å²) in [4.78, 5) is 45.6. The highest BCUT2D eigenvalue weighted by atomic mass is 16.4. The van der Waals surface area contributed by atoms with E-state index in [1.165, 1.54) is 30.3 Å². The number of aliphatic hydroxyl groups is 1. The summed E-state index contributed by atoms with van der Waals surface area (Å²) in [6.45, 7) is 3.33. The highest BCUT2D eigenvalue weighted by Gasteiger charge is 2.46. The first-order valence-electron chi connectivity index (χ1n) is 9.52. The summed E-state index contributed by atoms with van der Waals surface area (Å²) >= 11 is 0. The maximum absolute atomic E-state index is 13.0. The van der Waals surface area contributed by atoms with Crippen molar-refractivity contribution < 1.29 is 29.7 Å². The zero-order valence-electron chi connectivity index (χ0n) is 16.7. The van der Waals surface area contributed by atoms with Crippen LogP contribution in [-0.2, 0) is 9.59 Å². The third kappa shape index (κ3) is 3.29. The van der Waals surface area contributed by atoms with Crippen LogP contribution in [0.1, 0.15) is 35.8 Å². The molecule has 0 bridgehead atoms. The molecule has 4 rings (SSSR count). The third-order valence-corrected chi connectivity index (χ3v) is 5.15. The molecular weight excluding hydrogens is 402 g/mol. The van der Waals surface area contributed by atoms with Crippen LogP contribution < -0.4 is 4.90 Å². The monoisotopic (exact) mass is 421 g/mol. The zero-order valence-corrected chi connectivity index (χ0v) is 16.7. The number of nitrogens with one attached hydrogen (secondary N) is 1. The number of hydrogen-bond donors (Lipinski definition) is 4. The second-order valence-corrected chi connectivity index (χ2v) is 7.55. The van der Waals surface area contributed by atoms with Gasteiger partial charge in [0, 0.05) is 5.92 Å². The maximum Gasteiger partial charge on any atom is 0.335 e. The predicted octanol–water partition coefficient (Wildman–Crippen LogP) is 3.09. The Bertz CT molecular complexity index is 1260. The topological polar surface area (TPSA) is 144 Å². The summed E-state index contributed by atoms with van der Waals surface area (Å²) in [6, 6.07) is 9.25. The minimum atomic E-state index is -1.11. The molecule has 158 valence electrons. The van der Waals surface area contributed by atoms with Gasteiger partial charge in [0.1, 0.15) is 5.75 Å². The first-order chi connectivity index (χ1) is 14.7. The number of amides is 1. The van der Waals surface area contributed by atoms with Gasteiger partial charge in [0.2, 0.25) is 5.95 Å². The van der Waals surface area contributed by atoms with E-state index in [9.17, 15) is 29.7 Å². The minimum absolute atomic E-state index is 0.00879. The van der Waals surface area contributed by atoms with Gasteiger partial charge in [-0.2, -0.15) is 0 Å². The molecule has 0 fully saturated rings. The van der Waals surface area contributed by atoms with Crippen LogP contribution in [0.4, 0.5) is 5.95 Å². The fourth-order valence-electron chi connectivity index (χ4n) is 3.60. The lowest BCUT2D eigenvalue weighted by atomic mass is 9.91. The molecule has 2 heterocycles. The van der Waals surface area contributed by atoms with Gasteiger partial charge in [-0.1, -0.05) is 26.0 Å². The number of H-pyrrole nitrogens is 1. The number of carbonyl (C=O) groups excluding carboxylic acids is 2. The standard InChI is InChI=1S/C22H19N3O6/c1-10(2)18(27)16-17(11-3-6-13(26)7-4-11)25(20(29)19(16)28)22-23-14-8-5-12(21(30)31)9-15(14)24-22/h3-10,17,26,28H,1-2H3,(H,23,24)(H,30,31). The smallest absolute Gasteiger partial charge is 0.335 e. The Morgan fingerprint density at radius 3 is 2.39 bits per heavy atom. The van der Waals surface area contributed by atoms with E-state index in [0.29, 0.717) is 16.6 Å². The van der Waals surface area contributed by atoms with Gasteiger partial charge in [-0.25, -0.2) is 9.78 Å². The quantitative estimate of drug-likeness (QED) is 0.495. The molecule has 0 aliphatic carbocycles. The molecule has 1 amide bonds. The summed E-state index contributed by atoms with van der Waals surface area (Å²) in [5.41, 5.74) is 1.28. The Kier molecular flexibility index (Phi) is 4.73. The van der Waals surface area contributed by atoms with Crippen molar-refractivity contribution in [2.45, 2.75) is 19.9 Å². The number of rotatable bonds is 5. The molecule has 1 atom stereocenters. The lowest BCUT2D eigenvalue weighted by Gasteiger charge is -2.25. The molecule has 4 N–H and O–H groups in total. The van der Waals surface area contributed by atoms with Crippen molar-refractivity contribution in [3.8, 4) is 5.75 Å². The number of aromatic carboxylic acids is 1. The Morgan fingerprint density at radius 1 is 1.10 bits per heavy atom. The zero-order chi connectivity index (χ0) is 22.4. The SMILES string of the molecule is CC(C)C(=O)C1=C(O)C(=O)N(c2nc3ccc(C(=O)O)cc3[nH]2)C1c1ccc(O)cc1. The number of phenolic OH excluding ortho intramolecular Hbond substituents is 1. The maximum atomic E-state index is 13.0. The first-order valence-corrected chi connectivity index (χ1v) is 9.52. The van der Waals surface area contributed by atoms with Crippen LogP contribution in [0, 0.1) is 5.92 Å². The van der Waals surface area contributed by atoms with E-state index in [1.807, 2.05) is 0 Å². The number of aromatic hydroxyl groups is 1. The second-order valence-electron chi connectivity index (χ2n) is 7.55. The lowest BCUT2D eigenvalue weighted by Crippen LogP contribution is -2.32. The Hall–Kier alpha value is -4.14. The van der Waals surface area contributed by atoms with Crippen LogP contribution in [0.2, 0.25) is 0 Å². The number of aliphatic hydroxyl groups excluding tert-OH is 1. The van der Waals surface area contributed by atoms with Crippen LogP contribution in [0.15, 0.2) is 53.8 Å². The molecule has 31 heavy (non-hydrogen) atoms. The predicted molar refractivity (Wildman–Crippen MR) is 111 cm³/mol. The summed E-state index contributed by atoms with van der Waals surface area (Å²) in [6.07, 6.45) is 0. The van der Waals surface area contributed by atoms with Gasteiger partial charge in [0.25, 0.3) is 5.91 Å². The minimum Gasteiger partial charge on any atom is -0.508 e. The number of carbonyl (C=O) groups is 3. The van der Waals surface area contributed by atoms with E-state index < -0.39 is 35.4 Å². The van der Waals surface area contributed by atoms with Gasteiger partial charge >= 0.3 is 5.97 Å². The van der Waals surface area contributed by atoms with Gasteiger partial charge in [-0.3, -0.25) is 14.5 Å². The number of carboxylic acid groups (broad SMARTS) is 1. The fourth-order valence-corrected chi connectivity index (χ4v) is 3.60. The van der Waals surface area contributed by atoms with Crippen molar-refractivity contribution in [3.05, 3.63) is 64.9 Å². The molecule has 0 saturated carbocycles. The number of Topliss-reactive ketones (excluding diaryl/α,β-unsaturated/α-hetero) is 1. The van der Waals surface area contributed by atoms with Crippen molar-refractivity contribution >= 4 is 34.6 Å². The molecule has 1 unspecified atom stereocenters. The highest BCUT2D eigenvalue weighted by molar-refractivity contribution is 6.16. The molecule has 3 aromatic rings. The number of nitrogens with zero attached hydrogens (tertiary/aromatic N) is 2. The summed E-state index contributed by atoms with van der Waals surface area (Å²) in [7, 11) is 0. The third-order valence-electron chi connectivity index (χ3n) is 5.15. The summed E-state index contributed by atoms with van der Waals surface area (Å²) in [5, 5.41) is 29.4. The van der Waals surface area contributed by atoms with Gasteiger partial charge < -0.3 is 20.3 Å². The largest absolute Gasteiger partial charge is 0.508 e. The number of anilines is 1. The number of phenols is 1. The number of aromatic amines is 1. The number of ketones is 1. The highest BCUT2D eigenvalue weighted by Crippen LogP contribution is 2.41. The number of aromatic nitrogens is 2. The molecule has 9 heteroatoms. The van der Waals surface area contributed by atoms with Crippen LogP contribution >= 0.6 is 0 Å². The molecule has 1 aliphatic heterocycles. The molecule has 0 saturated heterocycles. The molecule has 0 spiro atoms. The van der Waals surface area contributed by atoms with Crippen LogP contribution in [0.5, 0.6) is 5.75 Å². The van der Waals surface area contributed by atoms with E-state index >= 15 is 0 Å². The lowest BCUT2D eigenvalue weighted by molar-refractivity contribution is -0.119. The van der Waals surface area contributed by atoms with E-state index in [4.69, 9.17) is 0 Å².